The highest BCUT2D eigenvalue weighted by molar-refractivity contribution is 5.73. The fourth-order valence-electron chi connectivity index (χ4n) is 1.27. The smallest absolute Gasteiger partial charge is 0.351 e. The lowest BCUT2D eigenvalue weighted by Gasteiger charge is -2.05. The molecule has 0 aromatic carbocycles. The minimum absolute atomic E-state index is 0.0978. The molecule has 0 saturated heterocycles. The molecule has 0 unspecified atom stereocenters. The largest absolute Gasteiger partial charge is 0.393 e. The molecule has 1 aliphatic rings. The molecule has 0 atom stereocenters. The lowest BCUT2D eigenvalue weighted by atomic mass is 10.4. The van der Waals surface area contributed by atoms with E-state index in [1.54, 1.807) is 0 Å². The van der Waals surface area contributed by atoms with Crippen molar-refractivity contribution in [3.05, 3.63) is 10.5 Å². The molecule has 5 N–H and O–H groups in total. The topological polar surface area (TPSA) is 99.0 Å². The van der Waals surface area contributed by atoms with Gasteiger partial charge in [0.1, 0.15) is 11.5 Å². The molecule has 1 aromatic heterocycles. The molecule has 0 aliphatic carbocycles. The van der Waals surface area contributed by atoms with E-state index in [1.807, 2.05) is 0 Å². The van der Waals surface area contributed by atoms with Crippen LogP contribution in [0.4, 0.5) is 17.3 Å². The summed E-state index contributed by atoms with van der Waals surface area (Å²) in [6, 6.07) is 0. The van der Waals surface area contributed by atoms with Crippen LogP contribution >= 0.6 is 0 Å². The van der Waals surface area contributed by atoms with Crippen molar-refractivity contribution in [2.45, 2.75) is 6.54 Å². The standard InChI is InChI=1S/C6H9N5O/c7-3-4(8)10-6(12)11-2-1-9-5(3)11/h9H,1-2,7H2,(H2,8,10,12). The summed E-state index contributed by atoms with van der Waals surface area (Å²) in [5.74, 6) is 0.688. The number of nitrogens with one attached hydrogen (secondary N) is 1. The number of nitrogens with two attached hydrogens (primary N) is 2. The summed E-state index contributed by atoms with van der Waals surface area (Å²) < 4.78 is 1.48. The molecule has 0 amide bonds. The van der Waals surface area contributed by atoms with Gasteiger partial charge in [-0.2, -0.15) is 4.98 Å². The first-order valence-electron chi connectivity index (χ1n) is 3.60. The van der Waals surface area contributed by atoms with Crippen molar-refractivity contribution in [2.75, 3.05) is 23.3 Å². The number of rotatable bonds is 0. The van der Waals surface area contributed by atoms with Crippen LogP contribution in [0.15, 0.2) is 4.79 Å². The van der Waals surface area contributed by atoms with Crippen molar-refractivity contribution in [2.24, 2.45) is 0 Å². The Morgan fingerprint density at radius 3 is 3.00 bits per heavy atom. The predicted molar refractivity (Wildman–Crippen MR) is 45.8 cm³/mol. The zero-order valence-corrected chi connectivity index (χ0v) is 6.37. The quantitative estimate of drug-likeness (QED) is 0.452. The zero-order valence-electron chi connectivity index (χ0n) is 6.37. The van der Waals surface area contributed by atoms with Gasteiger partial charge in [0.25, 0.3) is 0 Å². The molecule has 2 heterocycles. The molecule has 1 aromatic rings. The van der Waals surface area contributed by atoms with E-state index >= 15 is 0 Å². The number of aromatic nitrogens is 2. The Kier molecular flexibility index (Phi) is 1.24. The van der Waals surface area contributed by atoms with Gasteiger partial charge in [-0.15, -0.1) is 0 Å². The lowest BCUT2D eigenvalue weighted by molar-refractivity contribution is 0.746. The number of nitrogens with zero attached hydrogens (tertiary/aromatic N) is 2. The van der Waals surface area contributed by atoms with Crippen LogP contribution in [0.2, 0.25) is 0 Å². The summed E-state index contributed by atoms with van der Waals surface area (Å²) >= 11 is 0. The Labute approximate surface area is 68.2 Å². The minimum atomic E-state index is -0.346. The molecule has 6 nitrogen and oxygen atoms in total. The maximum atomic E-state index is 11.2. The van der Waals surface area contributed by atoms with Gasteiger partial charge >= 0.3 is 5.69 Å². The van der Waals surface area contributed by atoms with Crippen LogP contribution < -0.4 is 22.5 Å². The second-order valence-electron chi connectivity index (χ2n) is 2.62. The van der Waals surface area contributed by atoms with E-state index in [-0.39, 0.29) is 11.5 Å². The van der Waals surface area contributed by atoms with Gasteiger partial charge in [0.05, 0.1) is 0 Å². The molecule has 12 heavy (non-hydrogen) atoms. The van der Waals surface area contributed by atoms with Crippen molar-refractivity contribution in [1.82, 2.24) is 9.55 Å². The average molecular weight is 167 g/mol. The molecule has 1 aliphatic heterocycles. The Morgan fingerprint density at radius 1 is 1.50 bits per heavy atom. The number of hydrogen-bond acceptors (Lipinski definition) is 5. The Morgan fingerprint density at radius 2 is 2.25 bits per heavy atom. The molecule has 64 valence electrons. The minimum Gasteiger partial charge on any atom is -0.393 e. The van der Waals surface area contributed by atoms with E-state index in [0.29, 0.717) is 24.6 Å². The van der Waals surface area contributed by atoms with Crippen molar-refractivity contribution in [3.63, 3.8) is 0 Å². The third-order valence-electron chi connectivity index (χ3n) is 1.88. The van der Waals surface area contributed by atoms with E-state index in [1.165, 1.54) is 4.57 Å². The first kappa shape index (κ1) is 6.96. The molecule has 0 radical (unpaired) electrons. The number of anilines is 3. The van der Waals surface area contributed by atoms with E-state index in [2.05, 4.69) is 10.3 Å². The fraction of sp³-hybridized carbons (Fsp3) is 0.333. The average Bonchev–Trinajstić information content (AvgIpc) is 2.48. The summed E-state index contributed by atoms with van der Waals surface area (Å²) in [5, 5.41) is 2.97. The Hall–Kier alpha value is -1.72. The highest BCUT2D eigenvalue weighted by atomic mass is 16.1. The van der Waals surface area contributed by atoms with E-state index < -0.39 is 0 Å². The monoisotopic (exact) mass is 167 g/mol. The molecular weight excluding hydrogens is 158 g/mol. The molecule has 0 spiro atoms. The second-order valence-corrected chi connectivity index (χ2v) is 2.62. The number of fused-ring (bicyclic) bond motifs is 1. The fourth-order valence-corrected chi connectivity index (χ4v) is 1.27. The van der Waals surface area contributed by atoms with Gasteiger partial charge in [-0.05, 0) is 0 Å². The van der Waals surface area contributed by atoms with Gasteiger partial charge in [-0.25, -0.2) is 4.79 Å². The zero-order chi connectivity index (χ0) is 8.72. The first-order chi connectivity index (χ1) is 5.70. The SMILES string of the molecule is Nc1nc(=O)n2c(c1N)NCC2. The highest BCUT2D eigenvalue weighted by Crippen LogP contribution is 2.23. The summed E-state index contributed by atoms with van der Waals surface area (Å²) in [5.41, 5.74) is 11.0. The molecule has 0 fully saturated rings. The molecule has 2 rings (SSSR count). The number of nitrogen functional groups attached to an aromatic ring is 2. The third kappa shape index (κ3) is 0.744. The van der Waals surface area contributed by atoms with Crippen LogP contribution in [0.3, 0.4) is 0 Å². The highest BCUT2D eigenvalue weighted by Gasteiger charge is 2.16. The van der Waals surface area contributed by atoms with Gasteiger partial charge in [0, 0.05) is 13.1 Å². The molecule has 6 heteroatoms. The van der Waals surface area contributed by atoms with Crippen LogP contribution in [0, 0.1) is 0 Å². The maximum absolute atomic E-state index is 11.2. The molecule has 0 saturated carbocycles. The summed E-state index contributed by atoms with van der Waals surface area (Å²) in [4.78, 5) is 14.7. The number of hydrogen-bond donors (Lipinski definition) is 3. The van der Waals surface area contributed by atoms with E-state index in [9.17, 15) is 4.79 Å². The summed E-state index contributed by atoms with van der Waals surface area (Å²) in [6.07, 6.45) is 0. The van der Waals surface area contributed by atoms with Gasteiger partial charge in [0.2, 0.25) is 0 Å². The predicted octanol–water partition coefficient (Wildman–Crippen LogP) is -1.17. The van der Waals surface area contributed by atoms with E-state index in [0.717, 1.165) is 0 Å². The maximum Gasteiger partial charge on any atom is 0.351 e. The van der Waals surface area contributed by atoms with Crippen LogP contribution in [0.1, 0.15) is 0 Å². The van der Waals surface area contributed by atoms with Crippen LogP contribution in [0.25, 0.3) is 0 Å². The van der Waals surface area contributed by atoms with Crippen molar-refractivity contribution < 1.29 is 0 Å². The summed E-state index contributed by atoms with van der Waals surface area (Å²) in [7, 11) is 0. The van der Waals surface area contributed by atoms with Crippen molar-refractivity contribution in [3.8, 4) is 0 Å². The first-order valence-corrected chi connectivity index (χ1v) is 3.60. The Balaban J connectivity index is 2.78. The normalized spacial score (nSPS) is 14.0. The second kappa shape index (κ2) is 2.13. The van der Waals surface area contributed by atoms with Crippen LogP contribution in [0.5, 0.6) is 0 Å². The third-order valence-corrected chi connectivity index (χ3v) is 1.88. The van der Waals surface area contributed by atoms with Crippen molar-refractivity contribution >= 4 is 17.3 Å². The Bertz CT molecular complexity index is 382. The molecular formula is C6H9N5O. The summed E-state index contributed by atoms with van der Waals surface area (Å²) in [6.45, 7) is 1.30. The lowest BCUT2D eigenvalue weighted by Crippen LogP contribution is -2.23. The van der Waals surface area contributed by atoms with E-state index in [4.69, 9.17) is 11.5 Å². The van der Waals surface area contributed by atoms with Gasteiger partial charge in [-0.1, -0.05) is 0 Å². The molecule has 0 bridgehead atoms. The van der Waals surface area contributed by atoms with Crippen LogP contribution in [-0.2, 0) is 6.54 Å². The van der Waals surface area contributed by atoms with Gasteiger partial charge in [-0.3, -0.25) is 4.57 Å². The van der Waals surface area contributed by atoms with Gasteiger partial charge in [0.15, 0.2) is 5.82 Å². The van der Waals surface area contributed by atoms with Crippen molar-refractivity contribution in [1.29, 1.82) is 0 Å². The van der Waals surface area contributed by atoms with Crippen LogP contribution in [-0.4, -0.2) is 16.1 Å². The van der Waals surface area contributed by atoms with Gasteiger partial charge < -0.3 is 16.8 Å².